The molecule has 1 amide bonds. The van der Waals surface area contributed by atoms with Crippen LogP contribution in [0.15, 0.2) is 48.7 Å². The van der Waals surface area contributed by atoms with Crippen molar-refractivity contribution in [3.05, 3.63) is 59.9 Å². The molecule has 30 heavy (non-hydrogen) atoms. The Hall–Kier alpha value is -2.45. The molecule has 1 aliphatic heterocycles. The van der Waals surface area contributed by atoms with E-state index in [1.165, 1.54) is 0 Å². The third-order valence-electron chi connectivity index (χ3n) is 5.26. The van der Waals surface area contributed by atoms with E-state index >= 15 is 0 Å². The number of benzene rings is 1. The van der Waals surface area contributed by atoms with Crippen molar-refractivity contribution in [3.8, 4) is 5.75 Å². The zero-order chi connectivity index (χ0) is 21.4. The van der Waals surface area contributed by atoms with Gasteiger partial charge in [0.1, 0.15) is 5.75 Å². The summed E-state index contributed by atoms with van der Waals surface area (Å²) in [4.78, 5) is 19.0. The van der Waals surface area contributed by atoms with E-state index in [0.29, 0.717) is 30.1 Å². The Labute approximate surface area is 178 Å². The maximum atomic E-state index is 13.2. The first-order valence-electron chi connectivity index (χ1n) is 10.3. The highest BCUT2D eigenvalue weighted by molar-refractivity contribution is 7.89. The van der Waals surface area contributed by atoms with Gasteiger partial charge in [0.25, 0.3) is 5.91 Å². The maximum absolute atomic E-state index is 13.2. The van der Waals surface area contributed by atoms with Crippen molar-refractivity contribution < 1.29 is 17.9 Å². The average molecular weight is 432 g/mol. The molecule has 0 aliphatic carbocycles. The molecular formula is C22H29N3O4S. The molecule has 7 nitrogen and oxygen atoms in total. The molecule has 0 spiro atoms. The summed E-state index contributed by atoms with van der Waals surface area (Å²) in [5.41, 5.74) is 1.17. The van der Waals surface area contributed by atoms with E-state index in [9.17, 15) is 13.2 Å². The minimum absolute atomic E-state index is 0.102. The minimum Gasteiger partial charge on any atom is -0.497 e. The summed E-state index contributed by atoms with van der Waals surface area (Å²) in [7, 11) is -1.88. The number of nitrogens with zero attached hydrogens (tertiary/aromatic N) is 3. The number of carbonyl (C=O) groups excluding carboxylic acids is 1. The molecule has 0 radical (unpaired) electrons. The molecule has 1 aromatic heterocycles. The number of rotatable bonds is 8. The molecule has 0 unspecified atom stereocenters. The number of ether oxygens (including phenoxy) is 1. The fraction of sp³-hybridized carbons (Fsp3) is 0.455. The molecule has 1 saturated heterocycles. The lowest BCUT2D eigenvalue weighted by atomic mass is 10.2. The van der Waals surface area contributed by atoms with Crippen molar-refractivity contribution in [2.75, 3.05) is 32.5 Å². The van der Waals surface area contributed by atoms with Crippen molar-refractivity contribution in [2.45, 2.75) is 32.2 Å². The van der Waals surface area contributed by atoms with E-state index in [0.717, 1.165) is 25.7 Å². The fourth-order valence-corrected chi connectivity index (χ4v) is 5.08. The predicted octanol–water partition coefficient (Wildman–Crippen LogP) is 2.94. The smallest absolute Gasteiger partial charge is 0.254 e. The van der Waals surface area contributed by atoms with Gasteiger partial charge in [-0.1, -0.05) is 25.0 Å². The van der Waals surface area contributed by atoms with Gasteiger partial charge >= 0.3 is 0 Å². The first-order valence-corrected chi connectivity index (χ1v) is 11.9. The average Bonchev–Trinajstić information content (AvgIpc) is 3.07. The van der Waals surface area contributed by atoms with E-state index in [-0.39, 0.29) is 24.7 Å². The Morgan fingerprint density at radius 2 is 1.87 bits per heavy atom. The predicted molar refractivity (Wildman–Crippen MR) is 116 cm³/mol. The van der Waals surface area contributed by atoms with Crippen LogP contribution < -0.4 is 4.74 Å². The van der Waals surface area contributed by atoms with Crippen LogP contribution in [0.2, 0.25) is 0 Å². The van der Waals surface area contributed by atoms with Gasteiger partial charge in [0.2, 0.25) is 10.0 Å². The minimum atomic E-state index is -3.43. The van der Waals surface area contributed by atoms with E-state index in [1.54, 1.807) is 46.8 Å². The van der Waals surface area contributed by atoms with Gasteiger partial charge in [-0.2, -0.15) is 0 Å². The van der Waals surface area contributed by atoms with E-state index in [2.05, 4.69) is 4.98 Å². The maximum Gasteiger partial charge on any atom is 0.254 e. The molecule has 0 atom stereocenters. The van der Waals surface area contributed by atoms with Gasteiger partial charge in [0, 0.05) is 31.4 Å². The lowest BCUT2D eigenvalue weighted by Crippen LogP contribution is -2.40. The zero-order valence-corrected chi connectivity index (χ0v) is 18.2. The third kappa shape index (κ3) is 6.03. The normalized spacial score (nSPS) is 15.4. The quantitative estimate of drug-likeness (QED) is 0.642. The molecular weight excluding hydrogens is 402 g/mol. The van der Waals surface area contributed by atoms with Gasteiger partial charge < -0.3 is 9.64 Å². The molecule has 0 N–H and O–H groups in total. The Bertz CT molecular complexity index is 926. The van der Waals surface area contributed by atoms with Gasteiger partial charge in [-0.05, 0) is 43.2 Å². The Morgan fingerprint density at radius 1 is 1.10 bits per heavy atom. The highest BCUT2D eigenvalue weighted by Crippen LogP contribution is 2.17. The van der Waals surface area contributed by atoms with Crippen LogP contribution in [-0.2, 0) is 16.6 Å². The Balaban J connectivity index is 1.77. The van der Waals surface area contributed by atoms with Crippen LogP contribution in [0.5, 0.6) is 5.75 Å². The largest absolute Gasteiger partial charge is 0.497 e. The Kier molecular flexibility index (Phi) is 7.81. The summed E-state index contributed by atoms with van der Waals surface area (Å²) < 4.78 is 32.6. The molecule has 0 bridgehead atoms. The summed E-state index contributed by atoms with van der Waals surface area (Å²) in [6, 6.07) is 12.4. The highest BCUT2D eigenvalue weighted by Gasteiger charge is 2.26. The van der Waals surface area contributed by atoms with Crippen LogP contribution in [0, 0.1) is 0 Å². The van der Waals surface area contributed by atoms with Crippen molar-refractivity contribution in [1.29, 1.82) is 0 Å². The summed E-state index contributed by atoms with van der Waals surface area (Å²) >= 11 is 0. The second-order valence-corrected chi connectivity index (χ2v) is 9.50. The van der Waals surface area contributed by atoms with Crippen molar-refractivity contribution in [1.82, 2.24) is 14.2 Å². The van der Waals surface area contributed by atoms with Crippen LogP contribution in [0.1, 0.15) is 41.7 Å². The number of amides is 1. The lowest BCUT2D eigenvalue weighted by molar-refractivity contribution is 0.0751. The molecule has 2 aromatic rings. The number of hydrogen-bond donors (Lipinski definition) is 0. The van der Waals surface area contributed by atoms with Crippen molar-refractivity contribution >= 4 is 15.9 Å². The highest BCUT2D eigenvalue weighted by atomic mass is 32.2. The molecule has 162 valence electrons. The molecule has 0 saturated carbocycles. The number of aromatic nitrogens is 1. The molecule has 1 fully saturated rings. The number of hydrogen-bond acceptors (Lipinski definition) is 5. The molecule has 3 rings (SSSR count). The summed E-state index contributed by atoms with van der Waals surface area (Å²) in [6.45, 7) is 1.47. The van der Waals surface area contributed by atoms with Crippen molar-refractivity contribution in [3.63, 3.8) is 0 Å². The van der Waals surface area contributed by atoms with Gasteiger partial charge in [-0.15, -0.1) is 0 Å². The molecule has 8 heteroatoms. The second-order valence-electron chi connectivity index (χ2n) is 7.41. The van der Waals surface area contributed by atoms with Gasteiger partial charge in [0.15, 0.2) is 0 Å². The van der Waals surface area contributed by atoms with Crippen LogP contribution in [0.25, 0.3) is 0 Å². The monoisotopic (exact) mass is 431 g/mol. The number of methoxy groups -OCH3 is 1. The van der Waals surface area contributed by atoms with Gasteiger partial charge in [-0.3, -0.25) is 9.78 Å². The number of pyridine rings is 1. The molecule has 2 heterocycles. The first kappa shape index (κ1) is 22.2. The van der Waals surface area contributed by atoms with Crippen molar-refractivity contribution in [2.24, 2.45) is 0 Å². The van der Waals surface area contributed by atoms with Crippen LogP contribution in [0.4, 0.5) is 0 Å². The summed E-state index contributed by atoms with van der Waals surface area (Å²) in [5, 5.41) is 0. The summed E-state index contributed by atoms with van der Waals surface area (Å²) in [5.74, 6) is 0.233. The Morgan fingerprint density at radius 3 is 2.53 bits per heavy atom. The SMILES string of the molecule is COc1cccc(C(=O)N(CCS(=O)(=O)N2CCCCCC2)Cc2ccccn2)c1. The van der Waals surface area contributed by atoms with Gasteiger partial charge in [-0.25, -0.2) is 12.7 Å². The molecule has 1 aromatic carbocycles. The second kappa shape index (κ2) is 10.5. The van der Waals surface area contributed by atoms with Crippen LogP contribution in [-0.4, -0.2) is 61.0 Å². The zero-order valence-electron chi connectivity index (χ0n) is 17.4. The van der Waals surface area contributed by atoms with E-state index < -0.39 is 10.0 Å². The van der Waals surface area contributed by atoms with E-state index in [4.69, 9.17) is 4.74 Å². The first-order chi connectivity index (χ1) is 14.5. The van der Waals surface area contributed by atoms with Crippen LogP contribution >= 0.6 is 0 Å². The molecule has 1 aliphatic rings. The number of sulfonamides is 1. The lowest BCUT2D eigenvalue weighted by Gasteiger charge is -2.25. The van der Waals surface area contributed by atoms with Crippen LogP contribution in [0.3, 0.4) is 0 Å². The van der Waals surface area contributed by atoms with Gasteiger partial charge in [0.05, 0.1) is 25.1 Å². The summed E-state index contributed by atoms with van der Waals surface area (Å²) in [6.07, 6.45) is 5.56. The number of carbonyl (C=O) groups is 1. The van der Waals surface area contributed by atoms with E-state index in [1.807, 2.05) is 18.2 Å². The standard InChI is InChI=1S/C22H29N3O4S/c1-29-21-11-8-9-19(17-21)22(26)24(18-20-10-4-5-12-23-20)15-16-30(27,28)25-13-6-2-3-7-14-25/h4-5,8-12,17H,2-3,6-7,13-16,18H2,1H3. The third-order valence-corrected chi connectivity index (χ3v) is 7.11. The fourth-order valence-electron chi connectivity index (χ4n) is 3.55. The topological polar surface area (TPSA) is 79.8 Å².